The summed E-state index contributed by atoms with van der Waals surface area (Å²) >= 11 is 0.792. The molecule has 1 aromatic heterocycles. The highest BCUT2D eigenvalue weighted by Gasteiger charge is 2.43. The Balaban J connectivity index is 1.82. The number of nitriles is 2. The van der Waals surface area contributed by atoms with Gasteiger partial charge in [0.1, 0.15) is 34.3 Å². The average Bonchev–Trinajstić information content (AvgIpc) is 2.93. The van der Waals surface area contributed by atoms with Crippen molar-refractivity contribution in [3.8, 4) is 12.1 Å². The first kappa shape index (κ1) is 31.9. The number of fused-ring (bicyclic) bond motifs is 1. The third-order valence-corrected chi connectivity index (χ3v) is 8.66. The van der Waals surface area contributed by atoms with Gasteiger partial charge >= 0.3 is 12.1 Å². The number of hydrogen-bond acceptors (Lipinski definition) is 8. The van der Waals surface area contributed by atoms with Crippen LogP contribution in [0.4, 0.5) is 17.6 Å². The fourth-order valence-corrected chi connectivity index (χ4v) is 6.42. The van der Waals surface area contributed by atoms with Gasteiger partial charge in [-0.05, 0) is 60.8 Å². The Morgan fingerprint density at radius 2 is 1.86 bits per heavy atom. The SMILES string of the molecule is CCOC(=O)C1=C(CSc2nc3c(c(C(F)(F)F)c2C#N)CC(C(C)(C)C)CC3)OC(N)=C(C#N)C1c1ccc(F)cc1. The highest BCUT2D eigenvalue weighted by molar-refractivity contribution is 7.99. The molecule has 1 aliphatic carbocycles. The summed E-state index contributed by atoms with van der Waals surface area (Å²) in [5.41, 5.74) is 4.72. The lowest BCUT2D eigenvalue weighted by Gasteiger charge is -2.36. The van der Waals surface area contributed by atoms with E-state index in [1.807, 2.05) is 26.8 Å². The van der Waals surface area contributed by atoms with E-state index in [0.29, 0.717) is 18.4 Å². The van der Waals surface area contributed by atoms with E-state index in [9.17, 15) is 32.9 Å². The summed E-state index contributed by atoms with van der Waals surface area (Å²) in [7, 11) is 0. The maximum Gasteiger partial charge on any atom is 0.418 e. The lowest BCUT2D eigenvalue weighted by molar-refractivity contribution is -0.139. The number of ether oxygens (including phenoxy) is 2. The Kier molecular flexibility index (Phi) is 9.12. The molecule has 2 unspecified atom stereocenters. The number of alkyl halides is 3. The van der Waals surface area contributed by atoms with Gasteiger partial charge < -0.3 is 15.2 Å². The molecule has 4 rings (SSSR count). The van der Waals surface area contributed by atoms with Crippen molar-refractivity contribution in [2.24, 2.45) is 17.1 Å². The summed E-state index contributed by atoms with van der Waals surface area (Å²) in [5, 5.41) is 19.6. The Labute approximate surface area is 251 Å². The number of benzene rings is 1. The van der Waals surface area contributed by atoms with Crippen LogP contribution in [0.15, 0.2) is 52.1 Å². The molecule has 226 valence electrons. The number of pyridine rings is 1. The third-order valence-electron chi connectivity index (χ3n) is 7.69. The van der Waals surface area contributed by atoms with Crippen molar-refractivity contribution in [1.29, 1.82) is 10.5 Å². The van der Waals surface area contributed by atoms with E-state index >= 15 is 0 Å². The minimum atomic E-state index is -4.80. The van der Waals surface area contributed by atoms with Crippen molar-refractivity contribution < 1.29 is 31.8 Å². The quantitative estimate of drug-likeness (QED) is 0.217. The van der Waals surface area contributed by atoms with E-state index in [4.69, 9.17) is 15.2 Å². The van der Waals surface area contributed by atoms with Crippen LogP contribution in [-0.2, 0) is 33.3 Å². The van der Waals surface area contributed by atoms with Crippen molar-refractivity contribution >= 4 is 17.7 Å². The zero-order chi connectivity index (χ0) is 31.7. The largest absolute Gasteiger partial charge is 0.463 e. The smallest absolute Gasteiger partial charge is 0.418 e. The average molecular weight is 615 g/mol. The van der Waals surface area contributed by atoms with Gasteiger partial charge in [0.2, 0.25) is 5.88 Å². The number of halogens is 4. The van der Waals surface area contributed by atoms with Gasteiger partial charge in [0.05, 0.1) is 35.0 Å². The van der Waals surface area contributed by atoms with Crippen molar-refractivity contribution in [3.05, 3.63) is 80.8 Å². The Bertz CT molecular complexity index is 1580. The number of aryl methyl sites for hydroxylation is 1. The van der Waals surface area contributed by atoms with Crippen LogP contribution in [-0.4, -0.2) is 23.3 Å². The van der Waals surface area contributed by atoms with Crippen molar-refractivity contribution in [2.45, 2.75) is 64.1 Å². The number of allylic oxidation sites excluding steroid dienone is 1. The van der Waals surface area contributed by atoms with Gasteiger partial charge in [0.15, 0.2) is 0 Å². The minimum absolute atomic E-state index is 0.0184. The highest BCUT2D eigenvalue weighted by atomic mass is 32.2. The van der Waals surface area contributed by atoms with E-state index in [1.54, 1.807) is 13.0 Å². The second-order valence-electron chi connectivity index (χ2n) is 11.3. The van der Waals surface area contributed by atoms with E-state index in [1.165, 1.54) is 12.1 Å². The molecular weight excluding hydrogens is 584 g/mol. The van der Waals surface area contributed by atoms with Crippen LogP contribution in [0.25, 0.3) is 0 Å². The van der Waals surface area contributed by atoms with Gasteiger partial charge in [-0.2, -0.15) is 23.7 Å². The van der Waals surface area contributed by atoms with Gasteiger partial charge in [0, 0.05) is 5.69 Å². The summed E-state index contributed by atoms with van der Waals surface area (Å²) < 4.78 is 68.2. The molecule has 0 bridgehead atoms. The first-order chi connectivity index (χ1) is 20.2. The summed E-state index contributed by atoms with van der Waals surface area (Å²) in [4.78, 5) is 17.7. The van der Waals surface area contributed by atoms with Crippen LogP contribution < -0.4 is 5.73 Å². The number of nitrogens with zero attached hydrogens (tertiary/aromatic N) is 3. The lowest BCUT2D eigenvalue weighted by atomic mass is 9.70. The minimum Gasteiger partial charge on any atom is -0.463 e. The Morgan fingerprint density at radius 1 is 1.19 bits per heavy atom. The maximum absolute atomic E-state index is 14.5. The number of nitrogens with two attached hydrogens (primary N) is 1. The number of rotatable bonds is 6. The van der Waals surface area contributed by atoms with Crippen molar-refractivity contribution in [3.63, 3.8) is 0 Å². The highest BCUT2D eigenvalue weighted by Crippen LogP contribution is 2.46. The molecule has 0 radical (unpaired) electrons. The van der Waals surface area contributed by atoms with Gasteiger partial charge in [-0.3, -0.25) is 0 Å². The van der Waals surface area contributed by atoms with E-state index < -0.39 is 35.0 Å². The van der Waals surface area contributed by atoms with Gasteiger partial charge in [-0.1, -0.05) is 44.7 Å². The van der Waals surface area contributed by atoms with Crippen LogP contribution in [0.2, 0.25) is 0 Å². The monoisotopic (exact) mass is 614 g/mol. The molecule has 0 saturated carbocycles. The van der Waals surface area contributed by atoms with Gasteiger partial charge in [-0.25, -0.2) is 14.2 Å². The fourth-order valence-electron chi connectivity index (χ4n) is 5.47. The maximum atomic E-state index is 14.5. The molecule has 1 aromatic carbocycles. The Morgan fingerprint density at radius 3 is 2.42 bits per heavy atom. The van der Waals surface area contributed by atoms with Crippen LogP contribution in [0.5, 0.6) is 0 Å². The van der Waals surface area contributed by atoms with E-state index in [0.717, 1.165) is 23.9 Å². The fraction of sp³-hybridized carbons (Fsp3) is 0.419. The van der Waals surface area contributed by atoms with Crippen LogP contribution in [0.3, 0.4) is 0 Å². The van der Waals surface area contributed by atoms with Crippen LogP contribution in [0, 0.1) is 39.8 Å². The molecule has 7 nitrogen and oxygen atoms in total. The van der Waals surface area contributed by atoms with Gasteiger partial charge in [0.25, 0.3) is 0 Å². The normalized spacial score (nSPS) is 18.8. The summed E-state index contributed by atoms with van der Waals surface area (Å²) in [6.07, 6.45) is -3.68. The summed E-state index contributed by atoms with van der Waals surface area (Å²) in [5.74, 6) is -3.12. The predicted molar refractivity (Wildman–Crippen MR) is 150 cm³/mol. The summed E-state index contributed by atoms with van der Waals surface area (Å²) in [6, 6.07) is 8.75. The molecule has 2 aromatic rings. The zero-order valence-electron chi connectivity index (χ0n) is 24.1. The van der Waals surface area contributed by atoms with Gasteiger partial charge in [-0.15, -0.1) is 0 Å². The number of esters is 1. The first-order valence-corrected chi connectivity index (χ1v) is 14.6. The Hall–Kier alpha value is -4.03. The predicted octanol–water partition coefficient (Wildman–Crippen LogP) is 6.68. The molecule has 0 amide bonds. The topological polar surface area (TPSA) is 122 Å². The zero-order valence-corrected chi connectivity index (χ0v) is 24.9. The molecule has 2 aliphatic rings. The molecule has 2 N–H and O–H groups in total. The van der Waals surface area contributed by atoms with Crippen LogP contribution >= 0.6 is 11.8 Å². The van der Waals surface area contributed by atoms with E-state index in [2.05, 4.69) is 4.98 Å². The molecule has 2 heterocycles. The molecule has 0 fully saturated rings. The van der Waals surface area contributed by atoms with Crippen molar-refractivity contribution in [2.75, 3.05) is 12.4 Å². The number of carbonyl (C=O) groups excluding carboxylic acids is 1. The van der Waals surface area contributed by atoms with Crippen molar-refractivity contribution in [1.82, 2.24) is 4.98 Å². The molecular formula is C31H30F4N4O3S. The number of hydrogen-bond donors (Lipinski definition) is 1. The molecule has 1 aliphatic heterocycles. The molecule has 2 atom stereocenters. The van der Waals surface area contributed by atoms with E-state index in [-0.39, 0.29) is 69.2 Å². The third kappa shape index (κ3) is 6.50. The second-order valence-corrected chi connectivity index (χ2v) is 12.3. The lowest BCUT2D eigenvalue weighted by Crippen LogP contribution is -2.30. The summed E-state index contributed by atoms with van der Waals surface area (Å²) in [6.45, 7) is 7.51. The molecule has 0 spiro atoms. The second kappa shape index (κ2) is 12.3. The first-order valence-electron chi connectivity index (χ1n) is 13.6. The van der Waals surface area contributed by atoms with Crippen LogP contribution in [0.1, 0.15) is 68.0 Å². The molecule has 43 heavy (non-hydrogen) atoms. The number of carbonyl (C=O) groups is 1. The molecule has 12 heteroatoms. The standard InChI is InChI=1S/C31H30F4N4O3S/c1-5-41-29(40)25-23(42-27(38)20(13-36)24(25)16-6-9-18(32)10-7-16)15-43-28-21(14-37)26(31(33,34)35)19-12-17(30(2,3)4)8-11-22(19)39-28/h6-7,9-10,17,24H,5,8,11-12,15,38H2,1-4H3. The number of aromatic nitrogens is 1. The molecule has 0 saturated heterocycles. The number of thioether (sulfide) groups is 1.